The van der Waals surface area contributed by atoms with Crippen molar-refractivity contribution in [3.8, 4) is 0 Å². The molecule has 134 valence electrons. The molecule has 1 aliphatic rings. The molecule has 0 atom stereocenters. The molecule has 0 unspecified atom stereocenters. The van der Waals surface area contributed by atoms with E-state index < -0.39 is 0 Å². The summed E-state index contributed by atoms with van der Waals surface area (Å²) in [5, 5.41) is 4.55. The van der Waals surface area contributed by atoms with E-state index in [1.807, 2.05) is 40.6 Å². The standard InChI is InChI=1S/C19H20N4O2S/c24-17(12-20-19(25)16-6-3-11-26-16)23-9-7-13(8-10-23)18-21-14-4-1-2-5-15(14)22-18/h1-6,11,13H,7-10,12H2,(H,20,25)(H,21,22). The summed E-state index contributed by atoms with van der Waals surface area (Å²) in [7, 11) is 0. The number of benzene rings is 1. The van der Waals surface area contributed by atoms with E-state index >= 15 is 0 Å². The fourth-order valence-electron chi connectivity index (χ4n) is 3.33. The number of carbonyl (C=O) groups is 2. The Kier molecular flexibility index (Phi) is 4.71. The second-order valence-electron chi connectivity index (χ2n) is 6.45. The molecule has 1 fully saturated rings. The zero-order valence-corrected chi connectivity index (χ0v) is 15.1. The number of fused-ring (bicyclic) bond motifs is 1. The van der Waals surface area contributed by atoms with Gasteiger partial charge in [-0.1, -0.05) is 18.2 Å². The van der Waals surface area contributed by atoms with E-state index in [4.69, 9.17) is 0 Å². The zero-order chi connectivity index (χ0) is 17.9. The van der Waals surface area contributed by atoms with Gasteiger partial charge in [-0.15, -0.1) is 11.3 Å². The minimum atomic E-state index is -0.189. The quantitative estimate of drug-likeness (QED) is 0.743. The lowest BCUT2D eigenvalue weighted by atomic mass is 9.96. The normalized spacial score (nSPS) is 15.3. The summed E-state index contributed by atoms with van der Waals surface area (Å²) in [5.74, 6) is 1.12. The molecule has 2 aromatic heterocycles. The van der Waals surface area contributed by atoms with Gasteiger partial charge in [0.2, 0.25) is 5.91 Å². The number of piperidine rings is 1. The van der Waals surface area contributed by atoms with Crippen LogP contribution in [0.2, 0.25) is 0 Å². The number of H-pyrrole nitrogens is 1. The van der Waals surface area contributed by atoms with Crippen LogP contribution in [-0.2, 0) is 4.79 Å². The maximum atomic E-state index is 12.3. The van der Waals surface area contributed by atoms with E-state index in [-0.39, 0.29) is 18.4 Å². The SMILES string of the molecule is O=C(NCC(=O)N1CCC(c2nc3ccccc3[nH]2)CC1)c1cccs1. The molecule has 3 aromatic rings. The number of nitrogens with zero attached hydrogens (tertiary/aromatic N) is 2. The highest BCUT2D eigenvalue weighted by molar-refractivity contribution is 7.12. The molecule has 26 heavy (non-hydrogen) atoms. The summed E-state index contributed by atoms with van der Waals surface area (Å²) < 4.78 is 0. The Morgan fingerprint density at radius 1 is 1.19 bits per heavy atom. The van der Waals surface area contributed by atoms with Gasteiger partial charge >= 0.3 is 0 Å². The number of nitrogens with one attached hydrogen (secondary N) is 2. The van der Waals surface area contributed by atoms with Gasteiger partial charge in [0.15, 0.2) is 0 Å². The molecule has 0 bridgehead atoms. The fourth-order valence-corrected chi connectivity index (χ4v) is 3.97. The molecule has 0 radical (unpaired) electrons. The lowest BCUT2D eigenvalue weighted by Crippen LogP contribution is -2.43. The largest absolute Gasteiger partial charge is 0.342 e. The number of amides is 2. The van der Waals surface area contributed by atoms with Crippen molar-refractivity contribution in [1.29, 1.82) is 0 Å². The topological polar surface area (TPSA) is 78.1 Å². The van der Waals surface area contributed by atoms with Crippen LogP contribution in [0, 0.1) is 0 Å². The summed E-state index contributed by atoms with van der Waals surface area (Å²) in [5.41, 5.74) is 2.04. The first-order valence-corrected chi connectivity index (χ1v) is 9.63. The van der Waals surface area contributed by atoms with Crippen LogP contribution in [0.3, 0.4) is 0 Å². The van der Waals surface area contributed by atoms with E-state index in [1.165, 1.54) is 11.3 Å². The Labute approximate surface area is 155 Å². The van der Waals surface area contributed by atoms with Crippen LogP contribution in [0.5, 0.6) is 0 Å². The number of aromatic amines is 1. The molecule has 2 N–H and O–H groups in total. The summed E-state index contributed by atoms with van der Waals surface area (Å²) in [6, 6.07) is 11.6. The predicted octanol–water partition coefficient (Wildman–Crippen LogP) is 2.76. The van der Waals surface area contributed by atoms with Gasteiger partial charge in [0.25, 0.3) is 5.91 Å². The van der Waals surface area contributed by atoms with E-state index in [0.717, 1.165) is 29.7 Å². The lowest BCUT2D eigenvalue weighted by Gasteiger charge is -2.31. The minimum absolute atomic E-state index is 0.0297. The first kappa shape index (κ1) is 16.8. The van der Waals surface area contributed by atoms with Gasteiger partial charge in [-0.05, 0) is 36.4 Å². The van der Waals surface area contributed by atoms with Crippen LogP contribution < -0.4 is 5.32 Å². The molecule has 1 aromatic carbocycles. The number of imidazole rings is 1. The number of thiophene rings is 1. The Balaban J connectivity index is 1.30. The van der Waals surface area contributed by atoms with Gasteiger partial charge in [-0.3, -0.25) is 9.59 Å². The number of hydrogen-bond donors (Lipinski definition) is 2. The van der Waals surface area contributed by atoms with Crippen LogP contribution in [0.15, 0.2) is 41.8 Å². The van der Waals surface area contributed by atoms with Crippen molar-refractivity contribution in [1.82, 2.24) is 20.2 Å². The second kappa shape index (κ2) is 7.29. The van der Waals surface area contributed by atoms with Crippen molar-refractivity contribution in [3.05, 3.63) is 52.5 Å². The summed E-state index contributed by atoms with van der Waals surface area (Å²) >= 11 is 1.37. The van der Waals surface area contributed by atoms with Crippen LogP contribution >= 0.6 is 11.3 Å². The predicted molar refractivity (Wildman–Crippen MR) is 101 cm³/mol. The van der Waals surface area contributed by atoms with Crippen molar-refractivity contribution in [2.24, 2.45) is 0 Å². The van der Waals surface area contributed by atoms with Gasteiger partial charge in [-0.2, -0.15) is 0 Å². The van der Waals surface area contributed by atoms with Crippen molar-refractivity contribution < 1.29 is 9.59 Å². The van der Waals surface area contributed by atoms with Crippen molar-refractivity contribution in [2.75, 3.05) is 19.6 Å². The maximum Gasteiger partial charge on any atom is 0.261 e. The number of para-hydroxylation sites is 2. The molecular formula is C19H20N4O2S. The maximum absolute atomic E-state index is 12.3. The average molecular weight is 368 g/mol. The molecule has 1 saturated heterocycles. The van der Waals surface area contributed by atoms with E-state index in [1.54, 1.807) is 6.07 Å². The van der Waals surface area contributed by atoms with Gasteiger partial charge in [0.1, 0.15) is 5.82 Å². The summed E-state index contributed by atoms with van der Waals surface area (Å²) in [6.45, 7) is 1.43. The number of aromatic nitrogens is 2. The second-order valence-corrected chi connectivity index (χ2v) is 7.40. The summed E-state index contributed by atoms with van der Waals surface area (Å²) in [4.78, 5) is 34.8. The molecule has 7 heteroatoms. The highest BCUT2D eigenvalue weighted by Crippen LogP contribution is 2.27. The Morgan fingerprint density at radius 2 is 2.00 bits per heavy atom. The van der Waals surface area contributed by atoms with E-state index in [2.05, 4.69) is 15.3 Å². The zero-order valence-electron chi connectivity index (χ0n) is 14.3. The smallest absolute Gasteiger partial charge is 0.261 e. The number of hydrogen-bond acceptors (Lipinski definition) is 4. The highest BCUT2D eigenvalue weighted by Gasteiger charge is 2.25. The minimum Gasteiger partial charge on any atom is -0.342 e. The molecule has 4 rings (SSSR count). The molecular weight excluding hydrogens is 348 g/mol. The van der Waals surface area contributed by atoms with E-state index in [0.29, 0.717) is 23.9 Å². The third-order valence-corrected chi connectivity index (χ3v) is 5.66. The monoisotopic (exact) mass is 368 g/mol. The molecule has 0 aliphatic carbocycles. The first-order valence-electron chi connectivity index (χ1n) is 8.75. The molecule has 6 nitrogen and oxygen atoms in total. The van der Waals surface area contributed by atoms with Crippen LogP contribution in [0.25, 0.3) is 11.0 Å². The summed E-state index contributed by atoms with van der Waals surface area (Å²) in [6.07, 6.45) is 1.76. The van der Waals surface area contributed by atoms with Crippen molar-refractivity contribution in [3.63, 3.8) is 0 Å². The first-order chi connectivity index (χ1) is 12.7. The Hall–Kier alpha value is -2.67. The van der Waals surface area contributed by atoms with Gasteiger partial charge < -0.3 is 15.2 Å². The third kappa shape index (κ3) is 3.48. The van der Waals surface area contributed by atoms with Crippen molar-refractivity contribution in [2.45, 2.75) is 18.8 Å². The van der Waals surface area contributed by atoms with Crippen LogP contribution in [0.4, 0.5) is 0 Å². The number of carbonyl (C=O) groups excluding carboxylic acids is 2. The average Bonchev–Trinajstić information content (AvgIpc) is 3.35. The Morgan fingerprint density at radius 3 is 2.73 bits per heavy atom. The van der Waals surface area contributed by atoms with Crippen LogP contribution in [0.1, 0.15) is 34.3 Å². The van der Waals surface area contributed by atoms with Gasteiger partial charge in [0, 0.05) is 19.0 Å². The molecule has 2 amide bonds. The fraction of sp³-hybridized carbons (Fsp3) is 0.316. The van der Waals surface area contributed by atoms with Crippen molar-refractivity contribution >= 4 is 34.2 Å². The lowest BCUT2D eigenvalue weighted by molar-refractivity contribution is -0.131. The highest BCUT2D eigenvalue weighted by atomic mass is 32.1. The molecule has 1 aliphatic heterocycles. The number of rotatable bonds is 4. The molecule has 0 saturated carbocycles. The number of likely N-dealkylation sites (tertiary alicyclic amines) is 1. The molecule has 0 spiro atoms. The molecule has 3 heterocycles. The van der Waals surface area contributed by atoms with Crippen LogP contribution in [-0.4, -0.2) is 46.3 Å². The third-order valence-electron chi connectivity index (χ3n) is 4.79. The van der Waals surface area contributed by atoms with Gasteiger partial charge in [0.05, 0.1) is 22.5 Å². The van der Waals surface area contributed by atoms with E-state index in [9.17, 15) is 9.59 Å². The Bertz CT molecular complexity index is 878. The van der Waals surface area contributed by atoms with Gasteiger partial charge in [-0.25, -0.2) is 4.98 Å².